The van der Waals surface area contributed by atoms with Crippen LogP contribution in [0.2, 0.25) is 0 Å². The monoisotopic (exact) mass is 691 g/mol. The average Bonchev–Trinajstić information content (AvgIpc) is 3.28. The van der Waals surface area contributed by atoms with Crippen LogP contribution in [0.1, 0.15) is 128 Å². The number of hydrogen-bond acceptors (Lipinski definition) is 5. The van der Waals surface area contributed by atoms with E-state index in [4.69, 9.17) is 10.5 Å². The molecule has 3 N–H and O–H groups in total. The van der Waals surface area contributed by atoms with E-state index in [9.17, 15) is 36.1 Å². The molecule has 0 saturated heterocycles. The third-order valence-electron chi connectivity index (χ3n) is 11.3. The normalized spacial score (nSPS) is 28.3. The second kappa shape index (κ2) is 15.5. The third-order valence-corrected chi connectivity index (χ3v) is 12.8. The van der Waals surface area contributed by atoms with Gasteiger partial charge < -0.3 is 15.6 Å². The zero-order valence-corrected chi connectivity index (χ0v) is 29.0. The molecule has 3 aliphatic rings. The number of aliphatic hydroxyl groups excluding tert-OH is 1. The number of hydrogen-bond donors (Lipinski definition) is 2. The van der Waals surface area contributed by atoms with Gasteiger partial charge in [0, 0.05) is 28.7 Å². The molecule has 0 aliphatic heterocycles. The van der Waals surface area contributed by atoms with Gasteiger partial charge in [0.2, 0.25) is 0 Å². The van der Waals surface area contributed by atoms with Crippen LogP contribution in [0.15, 0.2) is 18.2 Å². The predicted octanol–water partition coefficient (Wildman–Crippen LogP) is 8.62. The van der Waals surface area contributed by atoms with Crippen molar-refractivity contribution < 1.29 is 40.8 Å². The first-order valence-electron chi connectivity index (χ1n) is 17.6. The van der Waals surface area contributed by atoms with E-state index in [1.54, 1.807) is 13.8 Å². The first-order valence-corrected chi connectivity index (χ1v) is 19.0. The fourth-order valence-electron chi connectivity index (χ4n) is 8.58. The Morgan fingerprint density at radius 2 is 1.62 bits per heavy atom. The zero-order valence-electron chi connectivity index (χ0n) is 28.2. The second-order valence-corrected chi connectivity index (χ2v) is 17.0. The summed E-state index contributed by atoms with van der Waals surface area (Å²) in [4.78, 5) is 12.5. The van der Waals surface area contributed by atoms with Crippen LogP contribution in [0.3, 0.4) is 0 Å². The molecule has 0 spiro atoms. The number of carbonyl (C=O) groups excluding carboxylic acids is 1. The van der Waals surface area contributed by atoms with E-state index in [0.717, 1.165) is 77.0 Å². The van der Waals surface area contributed by atoms with Crippen molar-refractivity contribution in [2.75, 3.05) is 11.5 Å². The van der Waals surface area contributed by atoms with Crippen molar-refractivity contribution in [1.29, 1.82) is 0 Å². The number of aliphatic hydroxyl groups is 1. The number of rotatable bonds is 16. The summed E-state index contributed by atoms with van der Waals surface area (Å²) in [6.45, 7) is 5.56. The molecule has 1 aromatic rings. The number of nitrogens with two attached hydrogens (primary N) is 1. The Hall–Kier alpha value is -1.59. The summed E-state index contributed by atoms with van der Waals surface area (Å²) in [5.41, 5.74) is 7.46. The number of benzene rings is 1. The van der Waals surface area contributed by atoms with Crippen LogP contribution in [0.4, 0.5) is 22.0 Å². The van der Waals surface area contributed by atoms with Crippen LogP contribution in [0.25, 0.3) is 0 Å². The fraction of sp³-hybridized carbons (Fsp3) is 0.806. The van der Waals surface area contributed by atoms with E-state index < -0.39 is 47.2 Å². The lowest BCUT2D eigenvalue weighted by atomic mass is 9.52. The van der Waals surface area contributed by atoms with E-state index in [0.29, 0.717) is 41.6 Å². The molecule has 1 aromatic carbocycles. The number of esters is 1. The van der Waals surface area contributed by atoms with Crippen molar-refractivity contribution >= 4 is 16.8 Å². The molecule has 47 heavy (non-hydrogen) atoms. The Morgan fingerprint density at radius 3 is 2.28 bits per heavy atom. The molecule has 2 fully saturated rings. The Morgan fingerprint density at radius 1 is 0.979 bits per heavy atom. The maximum atomic E-state index is 13.0. The molecule has 7 unspecified atom stereocenters. The van der Waals surface area contributed by atoms with Crippen molar-refractivity contribution in [2.45, 2.75) is 147 Å². The maximum absolute atomic E-state index is 13.0. The van der Waals surface area contributed by atoms with Gasteiger partial charge in [-0.05, 0) is 118 Å². The third kappa shape index (κ3) is 9.35. The largest absolute Gasteiger partial charge is 0.453 e. The molecule has 0 aromatic heterocycles. The summed E-state index contributed by atoms with van der Waals surface area (Å²) in [5.74, 6) is -2.49. The number of fused-ring (bicyclic) bond motifs is 5. The molecule has 4 rings (SSSR count). The number of halogens is 5. The maximum Gasteiger partial charge on any atom is 0.453 e. The number of unbranched alkanes of at least 4 members (excludes halogenated alkanes) is 6. The van der Waals surface area contributed by atoms with E-state index in [1.807, 2.05) is 12.1 Å². The number of ether oxygens (including phenoxy) is 1. The molecule has 2 saturated carbocycles. The highest BCUT2D eigenvalue weighted by Crippen LogP contribution is 2.62. The lowest BCUT2D eigenvalue weighted by Crippen LogP contribution is -2.47. The van der Waals surface area contributed by atoms with Crippen LogP contribution in [0.5, 0.6) is 5.75 Å². The minimum absolute atomic E-state index is 0.0308. The second-order valence-electron chi connectivity index (χ2n) is 15.3. The summed E-state index contributed by atoms with van der Waals surface area (Å²) < 4.78 is 80.5. The SMILES string of the molecule is CC(C)(N)C(=O)Oc1ccc2c(c1)CC(CCCCCCCCCS(=O)CCCC(F)(F)C(F)(F)F)C1C2CCC2(C)C(O)CCC12. The van der Waals surface area contributed by atoms with Gasteiger partial charge in [0.25, 0.3) is 0 Å². The van der Waals surface area contributed by atoms with E-state index in [1.165, 1.54) is 11.1 Å². The van der Waals surface area contributed by atoms with Crippen molar-refractivity contribution in [3.63, 3.8) is 0 Å². The minimum Gasteiger partial charge on any atom is -0.425 e. The van der Waals surface area contributed by atoms with E-state index in [-0.39, 0.29) is 17.3 Å². The smallest absolute Gasteiger partial charge is 0.425 e. The van der Waals surface area contributed by atoms with Crippen molar-refractivity contribution in [1.82, 2.24) is 0 Å². The van der Waals surface area contributed by atoms with Crippen LogP contribution >= 0.6 is 0 Å². The van der Waals surface area contributed by atoms with Crippen LogP contribution in [-0.2, 0) is 22.0 Å². The molecule has 0 radical (unpaired) electrons. The molecule has 0 amide bonds. The Balaban J connectivity index is 1.24. The van der Waals surface area contributed by atoms with E-state index >= 15 is 0 Å². The molecular formula is C36H54F5NO4S. The zero-order chi connectivity index (χ0) is 34.6. The Bertz CT molecular complexity index is 1230. The fourth-order valence-corrected chi connectivity index (χ4v) is 9.77. The average molecular weight is 692 g/mol. The molecule has 5 nitrogen and oxygen atoms in total. The van der Waals surface area contributed by atoms with Gasteiger partial charge in [-0.3, -0.25) is 4.21 Å². The highest BCUT2D eigenvalue weighted by atomic mass is 32.2. The molecule has 268 valence electrons. The lowest BCUT2D eigenvalue weighted by Gasteiger charge is -2.53. The standard InChI is InChI=1S/C36H54F5NO4S/c1-33(2,42)32(44)46-26-13-14-27-25(23-26)22-24(31-28(27)17-19-34(3)29(31)15-16-30(34)43)12-9-7-5-4-6-8-10-20-47(45)21-11-18-35(37,38)36(39,40)41/h13-14,23-24,28-31,43H,4-12,15-22,42H2,1-3H3. The van der Waals surface area contributed by atoms with Crippen molar-refractivity contribution in [3.05, 3.63) is 29.3 Å². The van der Waals surface area contributed by atoms with Crippen LogP contribution in [0, 0.1) is 23.2 Å². The molecule has 0 bridgehead atoms. The summed E-state index contributed by atoms with van der Waals surface area (Å²) in [6, 6.07) is 6.07. The Labute approximate surface area is 279 Å². The highest BCUT2D eigenvalue weighted by molar-refractivity contribution is 7.84. The van der Waals surface area contributed by atoms with Gasteiger partial charge in [-0.15, -0.1) is 0 Å². The predicted molar refractivity (Wildman–Crippen MR) is 175 cm³/mol. The minimum atomic E-state index is -5.56. The van der Waals surface area contributed by atoms with Gasteiger partial charge in [-0.25, -0.2) is 4.79 Å². The summed E-state index contributed by atoms with van der Waals surface area (Å²) in [6.07, 6.45) is 5.39. The topological polar surface area (TPSA) is 89.6 Å². The summed E-state index contributed by atoms with van der Waals surface area (Å²) >= 11 is 0. The van der Waals surface area contributed by atoms with Gasteiger partial charge in [0.1, 0.15) is 11.3 Å². The van der Waals surface area contributed by atoms with Crippen LogP contribution < -0.4 is 10.5 Å². The summed E-state index contributed by atoms with van der Waals surface area (Å²) in [7, 11) is -1.38. The quantitative estimate of drug-likeness (QED) is 0.0785. The van der Waals surface area contributed by atoms with E-state index in [2.05, 4.69) is 13.0 Å². The molecule has 7 atom stereocenters. The summed E-state index contributed by atoms with van der Waals surface area (Å²) in [5, 5.41) is 11.0. The van der Waals surface area contributed by atoms with Gasteiger partial charge >= 0.3 is 18.1 Å². The van der Waals surface area contributed by atoms with Crippen LogP contribution in [-0.4, -0.2) is 50.5 Å². The van der Waals surface area contributed by atoms with Gasteiger partial charge in [0.05, 0.1) is 6.10 Å². The number of alkyl halides is 5. The molecule has 0 heterocycles. The van der Waals surface area contributed by atoms with Gasteiger partial charge in [0.15, 0.2) is 0 Å². The first-order chi connectivity index (χ1) is 21.9. The van der Waals surface area contributed by atoms with Crippen molar-refractivity contribution in [2.24, 2.45) is 28.9 Å². The van der Waals surface area contributed by atoms with Gasteiger partial charge in [-0.1, -0.05) is 51.5 Å². The Kier molecular flexibility index (Phi) is 12.6. The number of carbonyl (C=O) groups is 1. The molecule has 3 aliphatic carbocycles. The van der Waals surface area contributed by atoms with Gasteiger partial charge in [-0.2, -0.15) is 22.0 Å². The highest BCUT2D eigenvalue weighted by Gasteiger charge is 2.57. The first kappa shape index (κ1) is 38.2. The molecule has 11 heteroatoms. The molecular weight excluding hydrogens is 637 g/mol. The lowest BCUT2D eigenvalue weighted by molar-refractivity contribution is -0.284. The van der Waals surface area contributed by atoms with Crippen molar-refractivity contribution in [3.8, 4) is 5.75 Å².